The standard InChI is InChI=1S/C5H11NO2S/c1-4(5(7)8)9-3-2-6/h4H,2-3,6H2,1H3,(H,7,8). The molecule has 0 aliphatic heterocycles. The molecule has 0 radical (unpaired) electrons. The molecule has 0 aromatic carbocycles. The smallest absolute Gasteiger partial charge is 0.316 e. The maximum atomic E-state index is 10.1. The SMILES string of the molecule is CC(SCCN)C(=O)O. The molecule has 0 aliphatic rings. The van der Waals surface area contributed by atoms with Gasteiger partial charge < -0.3 is 10.8 Å². The molecule has 0 fully saturated rings. The molecule has 3 N–H and O–H groups in total. The van der Waals surface area contributed by atoms with E-state index in [4.69, 9.17) is 10.8 Å². The Morgan fingerprint density at radius 3 is 2.78 bits per heavy atom. The van der Waals surface area contributed by atoms with Gasteiger partial charge in [0, 0.05) is 12.3 Å². The van der Waals surface area contributed by atoms with Gasteiger partial charge in [-0.2, -0.15) is 0 Å². The van der Waals surface area contributed by atoms with Crippen molar-refractivity contribution in [3.63, 3.8) is 0 Å². The summed E-state index contributed by atoms with van der Waals surface area (Å²) < 4.78 is 0. The molecule has 9 heavy (non-hydrogen) atoms. The Labute approximate surface area is 58.6 Å². The normalized spacial score (nSPS) is 13.1. The van der Waals surface area contributed by atoms with Crippen molar-refractivity contribution < 1.29 is 9.90 Å². The number of thioether (sulfide) groups is 1. The van der Waals surface area contributed by atoms with Crippen LogP contribution in [-0.2, 0) is 4.79 Å². The molecule has 0 bridgehead atoms. The van der Waals surface area contributed by atoms with Crippen LogP contribution < -0.4 is 5.73 Å². The lowest BCUT2D eigenvalue weighted by atomic mass is 10.5. The molecule has 0 aromatic rings. The fourth-order valence-corrected chi connectivity index (χ4v) is 0.948. The number of carboxylic acids is 1. The van der Waals surface area contributed by atoms with Gasteiger partial charge in [-0.05, 0) is 6.92 Å². The molecule has 4 heteroatoms. The van der Waals surface area contributed by atoms with Crippen LogP contribution in [0.1, 0.15) is 6.92 Å². The number of hydrogen-bond donors (Lipinski definition) is 2. The van der Waals surface area contributed by atoms with Crippen LogP contribution in [0.3, 0.4) is 0 Å². The second-order valence-corrected chi connectivity index (χ2v) is 3.09. The molecule has 1 unspecified atom stereocenters. The summed E-state index contributed by atoms with van der Waals surface area (Å²) in [5.74, 6) is -0.0542. The van der Waals surface area contributed by atoms with Gasteiger partial charge in [-0.1, -0.05) is 0 Å². The van der Waals surface area contributed by atoms with Gasteiger partial charge in [0.05, 0.1) is 5.25 Å². The largest absolute Gasteiger partial charge is 0.480 e. The third-order valence-electron chi connectivity index (χ3n) is 0.833. The van der Waals surface area contributed by atoms with Crippen molar-refractivity contribution in [3.8, 4) is 0 Å². The zero-order valence-electron chi connectivity index (χ0n) is 5.33. The fraction of sp³-hybridized carbons (Fsp3) is 0.800. The summed E-state index contributed by atoms with van der Waals surface area (Å²) in [6.45, 7) is 2.20. The predicted octanol–water partition coefficient (Wildman–Crippen LogP) is 0.151. The highest BCUT2D eigenvalue weighted by Gasteiger charge is 2.08. The minimum atomic E-state index is -0.770. The summed E-state index contributed by atoms with van der Waals surface area (Å²) >= 11 is 1.36. The van der Waals surface area contributed by atoms with Gasteiger partial charge in [-0.25, -0.2) is 0 Å². The van der Waals surface area contributed by atoms with Crippen LogP contribution in [0, 0.1) is 0 Å². The Balaban J connectivity index is 3.27. The highest BCUT2D eigenvalue weighted by Crippen LogP contribution is 2.07. The topological polar surface area (TPSA) is 63.3 Å². The van der Waals surface area contributed by atoms with E-state index in [9.17, 15) is 4.79 Å². The van der Waals surface area contributed by atoms with Crippen LogP contribution in [0.15, 0.2) is 0 Å². The zero-order chi connectivity index (χ0) is 7.28. The van der Waals surface area contributed by atoms with Gasteiger partial charge in [-0.15, -0.1) is 11.8 Å². The predicted molar refractivity (Wildman–Crippen MR) is 38.6 cm³/mol. The quantitative estimate of drug-likeness (QED) is 0.597. The van der Waals surface area contributed by atoms with E-state index in [1.54, 1.807) is 6.92 Å². The molecule has 0 saturated heterocycles. The van der Waals surface area contributed by atoms with Crippen LogP contribution in [0.4, 0.5) is 0 Å². The Kier molecular flexibility index (Phi) is 4.53. The molecule has 0 aromatic heterocycles. The van der Waals surface area contributed by atoms with Crippen LogP contribution >= 0.6 is 11.8 Å². The van der Waals surface area contributed by atoms with E-state index >= 15 is 0 Å². The maximum Gasteiger partial charge on any atom is 0.316 e. The zero-order valence-corrected chi connectivity index (χ0v) is 6.15. The second kappa shape index (κ2) is 4.64. The summed E-state index contributed by atoms with van der Waals surface area (Å²) in [6, 6.07) is 0. The summed E-state index contributed by atoms with van der Waals surface area (Å²) in [6.07, 6.45) is 0. The van der Waals surface area contributed by atoms with E-state index in [2.05, 4.69) is 0 Å². The molecule has 0 saturated carbocycles. The molecule has 0 aliphatic carbocycles. The molecule has 1 atom stereocenters. The molecule has 54 valence electrons. The Morgan fingerprint density at radius 1 is 1.89 bits per heavy atom. The number of hydrogen-bond acceptors (Lipinski definition) is 3. The third-order valence-corrected chi connectivity index (χ3v) is 2.01. The highest BCUT2D eigenvalue weighted by molar-refractivity contribution is 8.00. The van der Waals surface area contributed by atoms with E-state index < -0.39 is 5.97 Å². The monoisotopic (exact) mass is 149 g/mol. The van der Waals surface area contributed by atoms with Crippen LogP contribution in [0.2, 0.25) is 0 Å². The second-order valence-electron chi connectivity index (χ2n) is 1.64. The summed E-state index contributed by atoms with van der Waals surface area (Å²) in [5.41, 5.74) is 5.16. The van der Waals surface area contributed by atoms with Crippen LogP contribution in [0.5, 0.6) is 0 Å². The van der Waals surface area contributed by atoms with Crippen molar-refractivity contribution in [2.75, 3.05) is 12.3 Å². The van der Waals surface area contributed by atoms with Gasteiger partial charge in [0.25, 0.3) is 0 Å². The van der Waals surface area contributed by atoms with Crippen molar-refractivity contribution in [1.29, 1.82) is 0 Å². The van der Waals surface area contributed by atoms with Crippen molar-refractivity contribution in [1.82, 2.24) is 0 Å². The molecule has 0 heterocycles. The molecular weight excluding hydrogens is 138 g/mol. The van der Waals surface area contributed by atoms with E-state index in [1.807, 2.05) is 0 Å². The van der Waals surface area contributed by atoms with E-state index in [0.29, 0.717) is 12.3 Å². The molecular formula is C5H11NO2S. The minimum Gasteiger partial charge on any atom is -0.480 e. The lowest BCUT2D eigenvalue weighted by molar-refractivity contribution is -0.136. The first-order valence-corrected chi connectivity index (χ1v) is 3.78. The maximum absolute atomic E-state index is 10.1. The van der Waals surface area contributed by atoms with Gasteiger partial charge >= 0.3 is 5.97 Å². The Hall–Kier alpha value is -0.220. The van der Waals surface area contributed by atoms with Crippen molar-refractivity contribution >= 4 is 17.7 Å². The third kappa shape index (κ3) is 4.29. The van der Waals surface area contributed by atoms with E-state index in [0.717, 1.165) is 0 Å². The lowest BCUT2D eigenvalue weighted by Gasteiger charge is -2.02. The number of rotatable bonds is 4. The van der Waals surface area contributed by atoms with Crippen LogP contribution in [-0.4, -0.2) is 28.6 Å². The van der Waals surface area contributed by atoms with Gasteiger partial charge in [0.1, 0.15) is 0 Å². The minimum absolute atomic E-state index is 0.325. The van der Waals surface area contributed by atoms with Crippen molar-refractivity contribution in [3.05, 3.63) is 0 Å². The Morgan fingerprint density at radius 2 is 2.44 bits per heavy atom. The number of aliphatic carboxylic acids is 1. The molecule has 3 nitrogen and oxygen atoms in total. The average Bonchev–Trinajstić information content (AvgIpc) is 1.82. The Bertz CT molecular complexity index is 97.0. The average molecular weight is 149 g/mol. The fourth-order valence-electron chi connectivity index (χ4n) is 0.316. The number of carbonyl (C=O) groups is 1. The van der Waals surface area contributed by atoms with Gasteiger partial charge in [0.2, 0.25) is 0 Å². The summed E-state index contributed by atoms with van der Waals surface area (Å²) in [7, 11) is 0. The van der Waals surface area contributed by atoms with E-state index in [-0.39, 0.29) is 5.25 Å². The van der Waals surface area contributed by atoms with Crippen molar-refractivity contribution in [2.24, 2.45) is 5.73 Å². The number of carboxylic acid groups (broad SMARTS) is 1. The first-order chi connectivity index (χ1) is 4.18. The lowest BCUT2D eigenvalue weighted by Crippen LogP contribution is -2.14. The van der Waals surface area contributed by atoms with Gasteiger partial charge in [0.15, 0.2) is 0 Å². The molecule has 0 amide bonds. The molecule has 0 rings (SSSR count). The first kappa shape index (κ1) is 8.78. The van der Waals surface area contributed by atoms with Gasteiger partial charge in [-0.3, -0.25) is 4.79 Å². The highest BCUT2D eigenvalue weighted by atomic mass is 32.2. The van der Waals surface area contributed by atoms with E-state index in [1.165, 1.54) is 11.8 Å². The van der Waals surface area contributed by atoms with Crippen LogP contribution in [0.25, 0.3) is 0 Å². The summed E-state index contributed by atoms with van der Waals surface area (Å²) in [4.78, 5) is 10.1. The first-order valence-electron chi connectivity index (χ1n) is 2.73. The number of nitrogens with two attached hydrogens (primary N) is 1. The molecule has 0 spiro atoms. The summed E-state index contributed by atoms with van der Waals surface area (Å²) in [5, 5.41) is 8.02. The van der Waals surface area contributed by atoms with Crippen molar-refractivity contribution in [2.45, 2.75) is 12.2 Å².